The summed E-state index contributed by atoms with van der Waals surface area (Å²) in [7, 11) is 0. The van der Waals surface area contributed by atoms with Crippen LogP contribution in [0.1, 0.15) is 32.6 Å². The van der Waals surface area contributed by atoms with Crippen LogP contribution in [0.5, 0.6) is 5.75 Å². The van der Waals surface area contributed by atoms with Gasteiger partial charge in [-0.25, -0.2) is 0 Å². The van der Waals surface area contributed by atoms with Crippen LogP contribution < -0.4 is 18.8 Å². The Morgan fingerprint density at radius 2 is 1.37 bits per heavy atom. The molecule has 0 bridgehead atoms. The average Bonchev–Trinajstić information content (AvgIpc) is 3.61. The van der Waals surface area contributed by atoms with Crippen LogP contribution in [0.15, 0.2) is 105 Å². The van der Waals surface area contributed by atoms with Crippen LogP contribution in [0.4, 0.5) is 5.69 Å². The summed E-state index contributed by atoms with van der Waals surface area (Å²) in [6.45, 7) is 8.76. The molecule has 0 spiro atoms. The zero-order valence-electron chi connectivity index (χ0n) is 21.9. The molecule has 190 valence electrons. The van der Waals surface area contributed by atoms with Gasteiger partial charge in [0.25, 0.3) is 11.0 Å². The molecule has 0 N–H and O–H groups in total. The number of nitrogens with zero attached hydrogens (tertiary/aromatic N) is 3. The maximum atomic E-state index is 6.29. The predicted octanol–water partition coefficient (Wildman–Crippen LogP) is 6.65. The lowest BCUT2D eigenvalue weighted by Crippen LogP contribution is -2.33. The SMILES string of the molecule is CCN1C(=CC(C=Cc2oc3ccccc3[n+]2CC)=Cc2oc3ccccc3[n+]2CC)Oc2ccccc21. The maximum Gasteiger partial charge on any atom is 0.374 e. The molecule has 0 amide bonds. The molecule has 0 saturated heterocycles. The number of para-hydroxylation sites is 6. The first-order chi connectivity index (χ1) is 18.7. The Morgan fingerprint density at radius 3 is 2.05 bits per heavy atom. The quantitative estimate of drug-likeness (QED) is 0.184. The van der Waals surface area contributed by atoms with E-state index in [-0.39, 0.29) is 0 Å². The number of hydrogen-bond acceptors (Lipinski definition) is 4. The van der Waals surface area contributed by atoms with E-state index in [4.69, 9.17) is 13.6 Å². The maximum absolute atomic E-state index is 6.29. The molecule has 38 heavy (non-hydrogen) atoms. The molecule has 0 radical (unpaired) electrons. The fourth-order valence-corrected chi connectivity index (χ4v) is 5.07. The number of aryl methyl sites for hydroxylation is 2. The molecule has 0 fully saturated rings. The summed E-state index contributed by atoms with van der Waals surface area (Å²) < 4.78 is 23.1. The minimum Gasteiger partial charge on any atom is -0.439 e. The number of rotatable bonds is 7. The van der Waals surface area contributed by atoms with E-state index in [1.807, 2.05) is 60.7 Å². The molecule has 6 heteroatoms. The monoisotopic (exact) mass is 505 g/mol. The molecular weight excluding hydrogens is 474 g/mol. The second-order valence-electron chi connectivity index (χ2n) is 9.08. The lowest BCUT2D eigenvalue weighted by atomic mass is 10.2. The summed E-state index contributed by atoms with van der Waals surface area (Å²) in [4.78, 5) is 2.18. The standard InChI is InChI=1S/C32H31N3O3/c1-4-33-24-13-7-10-16-27(24)36-30(33)20-19-23(21-31-34(5-2)25-14-8-11-17-28(25)37-31)22-32-35(6-3)26-15-9-12-18-29(26)38-32/h7-22H,4-6H2,1-3H3/q+2. The van der Waals surface area contributed by atoms with Gasteiger partial charge in [-0.15, -0.1) is 0 Å². The highest BCUT2D eigenvalue weighted by Crippen LogP contribution is 2.38. The largest absolute Gasteiger partial charge is 0.439 e. The lowest BCUT2D eigenvalue weighted by Gasteiger charge is -2.15. The highest BCUT2D eigenvalue weighted by Gasteiger charge is 2.26. The highest BCUT2D eigenvalue weighted by atomic mass is 16.5. The van der Waals surface area contributed by atoms with E-state index in [2.05, 4.69) is 71.2 Å². The molecule has 0 unspecified atom stereocenters. The Kier molecular flexibility index (Phi) is 6.30. The van der Waals surface area contributed by atoms with Crippen LogP contribution in [0, 0.1) is 0 Å². The van der Waals surface area contributed by atoms with Crippen molar-refractivity contribution in [2.24, 2.45) is 0 Å². The molecule has 1 aliphatic rings. The van der Waals surface area contributed by atoms with Gasteiger partial charge in [-0.1, -0.05) is 36.4 Å². The van der Waals surface area contributed by atoms with Gasteiger partial charge in [0.2, 0.25) is 17.0 Å². The molecule has 2 aromatic heterocycles. The van der Waals surface area contributed by atoms with Gasteiger partial charge in [-0.05, 0) is 56.7 Å². The van der Waals surface area contributed by atoms with Crippen LogP contribution >= 0.6 is 0 Å². The van der Waals surface area contributed by atoms with Crippen LogP contribution in [0.3, 0.4) is 0 Å². The molecule has 0 saturated carbocycles. The third kappa shape index (κ3) is 4.18. The lowest BCUT2D eigenvalue weighted by molar-refractivity contribution is -0.674. The molecular formula is C32H31N3O3+2. The van der Waals surface area contributed by atoms with Crippen molar-refractivity contribution in [1.82, 2.24) is 0 Å². The average molecular weight is 506 g/mol. The Bertz CT molecular complexity index is 1720. The number of allylic oxidation sites excluding steroid dienone is 3. The van der Waals surface area contributed by atoms with Gasteiger partial charge in [-0.2, -0.15) is 9.13 Å². The third-order valence-corrected chi connectivity index (χ3v) is 6.86. The van der Waals surface area contributed by atoms with E-state index >= 15 is 0 Å². The second-order valence-corrected chi connectivity index (χ2v) is 9.08. The molecule has 0 aliphatic carbocycles. The van der Waals surface area contributed by atoms with Crippen molar-refractivity contribution >= 4 is 40.0 Å². The fourth-order valence-electron chi connectivity index (χ4n) is 5.07. The summed E-state index contributed by atoms with van der Waals surface area (Å²) in [5.74, 6) is 3.19. The topological polar surface area (TPSA) is 46.5 Å². The van der Waals surface area contributed by atoms with Crippen molar-refractivity contribution in [2.75, 3.05) is 11.4 Å². The van der Waals surface area contributed by atoms with E-state index in [0.717, 1.165) is 76.5 Å². The third-order valence-electron chi connectivity index (χ3n) is 6.86. The summed E-state index contributed by atoms with van der Waals surface area (Å²) >= 11 is 0. The number of ether oxygens (including phenoxy) is 1. The van der Waals surface area contributed by atoms with Gasteiger partial charge >= 0.3 is 11.8 Å². The highest BCUT2D eigenvalue weighted by molar-refractivity contribution is 5.72. The summed E-state index contributed by atoms with van der Waals surface area (Å²) in [6.07, 6.45) is 8.20. The van der Waals surface area contributed by atoms with Crippen molar-refractivity contribution in [3.8, 4) is 5.75 Å². The first-order valence-corrected chi connectivity index (χ1v) is 13.2. The Morgan fingerprint density at radius 1 is 0.763 bits per heavy atom. The number of oxazole rings is 2. The number of benzene rings is 3. The van der Waals surface area contributed by atoms with Crippen LogP contribution in [-0.2, 0) is 13.1 Å². The first-order valence-electron chi connectivity index (χ1n) is 13.2. The Labute approximate surface area is 222 Å². The molecule has 6 rings (SSSR count). The van der Waals surface area contributed by atoms with E-state index in [0.29, 0.717) is 0 Å². The van der Waals surface area contributed by atoms with Gasteiger partial charge in [-0.3, -0.25) is 0 Å². The van der Waals surface area contributed by atoms with Gasteiger partial charge in [0.15, 0.2) is 5.75 Å². The Balaban J connectivity index is 1.48. The van der Waals surface area contributed by atoms with Gasteiger partial charge in [0.1, 0.15) is 13.1 Å². The molecule has 3 heterocycles. The zero-order chi connectivity index (χ0) is 26.1. The summed E-state index contributed by atoms with van der Waals surface area (Å²) in [5, 5.41) is 0. The minimum atomic E-state index is 0.775. The molecule has 1 aliphatic heterocycles. The van der Waals surface area contributed by atoms with Crippen molar-refractivity contribution in [3.63, 3.8) is 0 Å². The van der Waals surface area contributed by atoms with E-state index in [1.54, 1.807) is 0 Å². The summed E-state index contributed by atoms with van der Waals surface area (Å²) in [6, 6.07) is 24.3. The molecule has 6 nitrogen and oxygen atoms in total. The van der Waals surface area contributed by atoms with E-state index in [9.17, 15) is 0 Å². The van der Waals surface area contributed by atoms with Crippen molar-refractivity contribution < 1.29 is 22.7 Å². The van der Waals surface area contributed by atoms with Crippen molar-refractivity contribution in [3.05, 3.63) is 108 Å². The number of fused-ring (bicyclic) bond motifs is 3. The smallest absolute Gasteiger partial charge is 0.374 e. The summed E-state index contributed by atoms with van der Waals surface area (Å²) in [5.41, 5.74) is 5.86. The van der Waals surface area contributed by atoms with Gasteiger partial charge in [0.05, 0.1) is 17.8 Å². The second kappa shape index (κ2) is 10.1. The number of aromatic nitrogens is 2. The predicted molar refractivity (Wildman–Crippen MR) is 149 cm³/mol. The number of anilines is 1. The van der Waals surface area contributed by atoms with E-state index < -0.39 is 0 Å². The van der Waals surface area contributed by atoms with Crippen LogP contribution in [0.2, 0.25) is 0 Å². The van der Waals surface area contributed by atoms with Crippen LogP contribution in [0.25, 0.3) is 34.4 Å². The minimum absolute atomic E-state index is 0.775. The normalized spacial score (nSPS) is 14.8. The molecule has 0 atom stereocenters. The van der Waals surface area contributed by atoms with Gasteiger partial charge in [0, 0.05) is 24.8 Å². The van der Waals surface area contributed by atoms with Crippen molar-refractivity contribution in [1.29, 1.82) is 0 Å². The molecule has 5 aromatic rings. The van der Waals surface area contributed by atoms with Crippen molar-refractivity contribution in [2.45, 2.75) is 33.9 Å². The van der Waals surface area contributed by atoms with Gasteiger partial charge < -0.3 is 18.5 Å². The van der Waals surface area contributed by atoms with Crippen LogP contribution in [-0.4, -0.2) is 6.54 Å². The number of hydrogen-bond donors (Lipinski definition) is 0. The molecule has 3 aromatic carbocycles. The first kappa shape index (κ1) is 23.8. The zero-order valence-corrected chi connectivity index (χ0v) is 21.9. The van der Waals surface area contributed by atoms with E-state index in [1.165, 1.54) is 0 Å². The fraction of sp³-hybridized carbons (Fsp3) is 0.188. The Hall–Kier alpha value is -4.58.